The largest absolute Gasteiger partial charge is 0.359 e. The van der Waals surface area contributed by atoms with E-state index in [9.17, 15) is 9.59 Å². The van der Waals surface area contributed by atoms with Crippen LogP contribution >= 0.6 is 0 Å². The molecule has 2 N–H and O–H groups in total. The molecule has 0 unspecified atom stereocenters. The van der Waals surface area contributed by atoms with Crippen LogP contribution in [0.5, 0.6) is 0 Å². The van der Waals surface area contributed by atoms with Gasteiger partial charge in [-0.2, -0.15) is 0 Å². The van der Waals surface area contributed by atoms with Crippen molar-refractivity contribution in [3.63, 3.8) is 0 Å². The van der Waals surface area contributed by atoms with Crippen LogP contribution in [0.3, 0.4) is 0 Å². The molecule has 0 aliphatic heterocycles. The summed E-state index contributed by atoms with van der Waals surface area (Å²) in [6.07, 6.45) is 0. The highest BCUT2D eigenvalue weighted by Crippen LogP contribution is 2.09. The Hall–Kier alpha value is -2.67. The van der Waals surface area contributed by atoms with Crippen molar-refractivity contribution in [1.82, 2.24) is 20.7 Å². The summed E-state index contributed by atoms with van der Waals surface area (Å²) < 4.78 is 5.21. The number of hydrogen-bond donors (Lipinski definition) is 2. The second-order valence-electron chi connectivity index (χ2n) is 6.24. The van der Waals surface area contributed by atoms with Gasteiger partial charge in [0.05, 0.1) is 13.1 Å². The smallest absolute Gasteiger partial charge is 0.273 e. The molecule has 0 fully saturated rings. The molecule has 0 radical (unpaired) electrons. The number of nitrogens with zero attached hydrogens (tertiary/aromatic N) is 2. The zero-order valence-corrected chi connectivity index (χ0v) is 14.8. The Balaban J connectivity index is 1.82. The molecule has 1 heterocycles. The summed E-state index contributed by atoms with van der Waals surface area (Å²) in [5, 5.41) is 8.99. The van der Waals surface area contributed by atoms with Gasteiger partial charge in [0.15, 0.2) is 11.5 Å². The first-order valence-corrected chi connectivity index (χ1v) is 8.19. The number of hydrogen-bond acceptors (Lipinski definition) is 5. The molecular formula is C18H24N4O3. The van der Waals surface area contributed by atoms with E-state index in [0.29, 0.717) is 12.3 Å². The predicted octanol–water partition coefficient (Wildman–Crippen LogP) is 1.56. The summed E-state index contributed by atoms with van der Waals surface area (Å²) in [5.74, 6) is -0.0792. The van der Waals surface area contributed by atoms with Gasteiger partial charge in [0.2, 0.25) is 5.91 Å². The highest BCUT2D eigenvalue weighted by Gasteiger charge is 2.15. The molecule has 25 heavy (non-hydrogen) atoms. The Morgan fingerprint density at radius 2 is 1.92 bits per heavy atom. The van der Waals surface area contributed by atoms with Gasteiger partial charge >= 0.3 is 0 Å². The molecule has 7 heteroatoms. The van der Waals surface area contributed by atoms with Crippen LogP contribution in [-0.4, -0.2) is 41.5 Å². The lowest BCUT2D eigenvalue weighted by molar-refractivity contribution is -0.120. The minimum Gasteiger partial charge on any atom is -0.359 e. The van der Waals surface area contributed by atoms with Crippen LogP contribution in [0.1, 0.15) is 35.7 Å². The van der Waals surface area contributed by atoms with E-state index in [0.717, 1.165) is 6.54 Å². The average molecular weight is 344 g/mol. The Morgan fingerprint density at radius 3 is 2.60 bits per heavy atom. The Kier molecular flexibility index (Phi) is 6.71. The Bertz CT molecular complexity index is 697. The fourth-order valence-corrected chi connectivity index (χ4v) is 2.34. The third kappa shape index (κ3) is 6.39. The van der Waals surface area contributed by atoms with E-state index in [1.54, 1.807) is 6.07 Å². The molecule has 0 aliphatic rings. The highest BCUT2D eigenvalue weighted by atomic mass is 16.5. The van der Waals surface area contributed by atoms with Crippen LogP contribution in [-0.2, 0) is 17.9 Å². The first kappa shape index (κ1) is 18.7. The quantitative estimate of drug-likeness (QED) is 0.759. The molecule has 134 valence electrons. The lowest BCUT2D eigenvalue weighted by Crippen LogP contribution is -2.39. The van der Waals surface area contributed by atoms with Crippen LogP contribution in [0.15, 0.2) is 40.9 Å². The zero-order valence-electron chi connectivity index (χ0n) is 14.8. The van der Waals surface area contributed by atoms with Crippen LogP contribution in [0.2, 0.25) is 0 Å². The van der Waals surface area contributed by atoms with Crippen molar-refractivity contribution >= 4 is 11.8 Å². The van der Waals surface area contributed by atoms with Crippen LogP contribution in [0.25, 0.3) is 0 Å². The molecule has 2 amide bonds. The molecule has 1 aromatic carbocycles. The van der Waals surface area contributed by atoms with E-state index in [1.807, 2.05) is 39.1 Å². The van der Waals surface area contributed by atoms with Crippen molar-refractivity contribution in [2.24, 2.45) is 0 Å². The van der Waals surface area contributed by atoms with Crippen LogP contribution in [0.4, 0.5) is 0 Å². The minimum atomic E-state index is -0.431. The van der Waals surface area contributed by atoms with Crippen molar-refractivity contribution in [3.05, 3.63) is 53.4 Å². The number of benzene rings is 1. The topological polar surface area (TPSA) is 87.5 Å². The van der Waals surface area contributed by atoms with Crippen molar-refractivity contribution in [2.75, 3.05) is 13.6 Å². The second kappa shape index (κ2) is 8.98. The maximum Gasteiger partial charge on any atom is 0.273 e. The van der Waals surface area contributed by atoms with Crippen LogP contribution < -0.4 is 10.6 Å². The highest BCUT2D eigenvalue weighted by molar-refractivity contribution is 5.94. The molecule has 0 bridgehead atoms. The van der Waals surface area contributed by atoms with Crippen LogP contribution in [0, 0.1) is 0 Å². The van der Waals surface area contributed by atoms with E-state index in [2.05, 4.69) is 32.8 Å². The fraction of sp³-hybridized carbons (Fsp3) is 0.389. The van der Waals surface area contributed by atoms with Gasteiger partial charge in [-0.3, -0.25) is 14.5 Å². The van der Waals surface area contributed by atoms with Crippen molar-refractivity contribution in [1.29, 1.82) is 0 Å². The predicted molar refractivity (Wildman–Crippen MR) is 93.7 cm³/mol. The van der Waals surface area contributed by atoms with E-state index in [4.69, 9.17) is 4.52 Å². The fourth-order valence-electron chi connectivity index (χ4n) is 2.34. The molecule has 2 rings (SSSR count). The first-order valence-electron chi connectivity index (χ1n) is 8.19. The molecule has 0 saturated heterocycles. The molecule has 0 atom stereocenters. The molecule has 7 nitrogen and oxygen atoms in total. The third-order valence-corrected chi connectivity index (χ3v) is 3.37. The van der Waals surface area contributed by atoms with Gasteiger partial charge in [-0.25, -0.2) is 0 Å². The van der Waals surface area contributed by atoms with Gasteiger partial charge in [0, 0.05) is 18.7 Å². The summed E-state index contributed by atoms with van der Waals surface area (Å²) in [6.45, 7) is 4.92. The van der Waals surface area contributed by atoms with E-state index < -0.39 is 5.91 Å². The monoisotopic (exact) mass is 344 g/mol. The van der Waals surface area contributed by atoms with Crippen molar-refractivity contribution in [2.45, 2.75) is 33.0 Å². The zero-order chi connectivity index (χ0) is 18.2. The molecule has 0 spiro atoms. The SMILES string of the molecule is CC(C)NC(=O)CNC(=O)c1cc(CN(C)Cc2ccccc2)on1. The molecular weight excluding hydrogens is 320 g/mol. The normalized spacial score (nSPS) is 10.9. The summed E-state index contributed by atoms with van der Waals surface area (Å²) in [7, 11) is 1.96. The first-order chi connectivity index (χ1) is 11.9. The van der Waals surface area contributed by atoms with Gasteiger partial charge < -0.3 is 15.2 Å². The second-order valence-corrected chi connectivity index (χ2v) is 6.24. The van der Waals surface area contributed by atoms with Gasteiger partial charge in [-0.1, -0.05) is 35.5 Å². The van der Waals surface area contributed by atoms with Gasteiger partial charge in [-0.05, 0) is 26.5 Å². The Morgan fingerprint density at radius 1 is 1.20 bits per heavy atom. The summed E-state index contributed by atoms with van der Waals surface area (Å²) in [5.41, 5.74) is 1.36. The summed E-state index contributed by atoms with van der Waals surface area (Å²) in [4.78, 5) is 25.6. The lowest BCUT2D eigenvalue weighted by atomic mass is 10.2. The lowest BCUT2D eigenvalue weighted by Gasteiger charge is -2.14. The number of carbonyl (C=O) groups is 2. The number of amides is 2. The van der Waals surface area contributed by atoms with E-state index >= 15 is 0 Å². The van der Waals surface area contributed by atoms with Crippen molar-refractivity contribution in [3.8, 4) is 0 Å². The maximum absolute atomic E-state index is 12.0. The summed E-state index contributed by atoms with van der Waals surface area (Å²) in [6, 6.07) is 11.7. The number of rotatable bonds is 8. The molecule has 0 aliphatic carbocycles. The Labute approximate surface area is 147 Å². The number of carbonyl (C=O) groups excluding carboxylic acids is 2. The number of aromatic nitrogens is 1. The molecule has 0 saturated carbocycles. The maximum atomic E-state index is 12.0. The van der Waals surface area contributed by atoms with Gasteiger partial charge in [0.1, 0.15) is 0 Å². The average Bonchev–Trinajstić information content (AvgIpc) is 3.01. The minimum absolute atomic E-state index is 0.0307. The number of nitrogens with one attached hydrogen (secondary N) is 2. The molecule has 1 aromatic heterocycles. The molecule has 2 aromatic rings. The van der Waals surface area contributed by atoms with E-state index in [1.165, 1.54) is 5.56 Å². The third-order valence-electron chi connectivity index (χ3n) is 3.37. The van der Waals surface area contributed by atoms with E-state index in [-0.39, 0.29) is 24.2 Å². The van der Waals surface area contributed by atoms with Gasteiger partial charge in [-0.15, -0.1) is 0 Å². The van der Waals surface area contributed by atoms with Gasteiger partial charge in [0.25, 0.3) is 5.91 Å². The summed E-state index contributed by atoms with van der Waals surface area (Å²) >= 11 is 0. The standard InChI is InChI=1S/C18H24N4O3/c1-13(2)20-17(23)10-19-18(24)16-9-15(25-21-16)12-22(3)11-14-7-5-4-6-8-14/h4-9,13H,10-12H2,1-3H3,(H,19,24)(H,20,23). The van der Waals surface area contributed by atoms with Crippen molar-refractivity contribution < 1.29 is 14.1 Å².